The highest BCUT2D eigenvalue weighted by Crippen LogP contribution is 2.34. The van der Waals surface area contributed by atoms with Gasteiger partial charge in [-0.25, -0.2) is 0 Å². The molecule has 5 nitrogen and oxygen atoms in total. The Morgan fingerprint density at radius 2 is 1.87 bits per heavy atom. The van der Waals surface area contributed by atoms with E-state index in [0.29, 0.717) is 25.6 Å². The fourth-order valence-corrected chi connectivity index (χ4v) is 4.90. The monoisotopic (exact) mass is 442 g/mol. The Balaban J connectivity index is 1.77. The van der Waals surface area contributed by atoms with Gasteiger partial charge in [-0.05, 0) is 48.4 Å². The Kier molecular flexibility index (Phi) is 7.76. The first kappa shape index (κ1) is 23.3. The number of hydrogen-bond acceptors (Lipinski definition) is 4. The zero-order valence-electron chi connectivity index (χ0n) is 19.3. The summed E-state index contributed by atoms with van der Waals surface area (Å²) in [5.74, 6) is 1.00. The molecule has 168 valence electrons. The van der Waals surface area contributed by atoms with Crippen LogP contribution in [0.1, 0.15) is 49.7 Å². The van der Waals surface area contributed by atoms with E-state index < -0.39 is 0 Å². The van der Waals surface area contributed by atoms with Crippen LogP contribution in [0, 0.1) is 18.8 Å². The van der Waals surface area contributed by atoms with Gasteiger partial charge in [0.2, 0.25) is 11.8 Å². The predicted octanol–water partition coefficient (Wildman–Crippen LogP) is 4.70. The van der Waals surface area contributed by atoms with Gasteiger partial charge in [0.1, 0.15) is 12.4 Å². The summed E-state index contributed by atoms with van der Waals surface area (Å²) < 4.78 is 6.09. The van der Waals surface area contributed by atoms with Crippen LogP contribution in [-0.2, 0) is 16.0 Å². The molecule has 6 heteroatoms. The molecule has 31 heavy (non-hydrogen) atoms. The lowest BCUT2D eigenvalue weighted by molar-refractivity contribution is -0.144. The molecule has 1 aromatic carbocycles. The molecule has 2 amide bonds. The van der Waals surface area contributed by atoms with Crippen LogP contribution < -0.4 is 4.74 Å². The van der Waals surface area contributed by atoms with Crippen molar-refractivity contribution in [1.82, 2.24) is 9.80 Å². The first-order chi connectivity index (χ1) is 14.8. The van der Waals surface area contributed by atoms with Crippen molar-refractivity contribution in [1.29, 1.82) is 0 Å². The van der Waals surface area contributed by atoms with E-state index in [9.17, 15) is 9.59 Å². The topological polar surface area (TPSA) is 49.9 Å². The molecule has 0 aliphatic carbocycles. The van der Waals surface area contributed by atoms with Gasteiger partial charge < -0.3 is 14.5 Å². The lowest BCUT2D eigenvalue weighted by atomic mass is 10.00. The first-order valence-corrected chi connectivity index (χ1v) is 12.0. The van der Waals surface area contributed by atoms with Crippen molar-refractivity contribution < 1.29 is 14.3 Å². The van der Waals surface area contributed by atoms with Crippen molar-refractivity contribution in [2.45, 2.75) is 47.1 Å². The van der Waals surface area contributed by atoms with Crippen molar-refractivity contribution >= 4 is 23.2 Å². The Hall–Kier alpha value is -2.34. The molecule has 0 saturated heterocycles. The van der Waals surface area contributed by atoms with Crippen molar-refractivity contribution in [3.63, 3.8) is 0 Å². The summed E-state index contributed by atoms with van der Waals surface area (Å²) >= 11 is 1.74. The van der Waals surface area contributed by atoms with Crippen LogP contribution in [0.4, 0.5) is 0 Å². The largest absolute Gasteiger partial charge is 0.491 e. The molecule has 0 N–H and O–H groups in total. The minimum atomic E-state index is -0.140. The molecule has 1 atom stereocenters. The van der Waals surface area contributed by atoms with Crippen molar-refractivity contribution in [3.8, 4) is 5.75 Å². The van der Waals surface area contributed by atoms with Gasteiger partial charge in [0.15, 0.2) is 0 Å². The number of benzene rings is 1. The average Bonchev–Trinajstić information content (AvgIpc) is 3.20. The molecular formula is C25H34N2O3S. The number of carbonyl (C=O) groups is 2. The van der Waals surface area contributed by atoms with Gasteiger partial charge in [-0.2, -0.15) is 0 Å². The van der Waals surface area contributed by atoms with Crippen LogP contribution in [0.25, 0.3) is 0 Å². The minimum Gasteiger partial charge on any atom is -0.491 e. The Bertz CT molecular complexity index is 888. The fraction of sp³-hybridized carbons (Fsp3) is 0.520. The normalized spacial score (nSPS) is 15.8. The van der Waals surface area contributed by atoms with E-state index in [-0.39, 0.29) is 30.3 Å². The summed E-state index contributed by atoms with van der Waals surface area (Å²) in [6.45, 7) is 11.7. The lowest BCUT2D eigenvalue weighted by Crippen LogP contribution is -2.49. The molecule has 1 unspecified atom stereocenters. The van der Waals surface area contributed by atoms with Crippen LogP contribution in [0.2, 0.25) is 0 Å². The highest BCUT2D eigenvalue weighted by atomic mass is 32.1. The van der Waals surface area contributed by atoms with E-state index in [1.54, 1.807) is 16.2 Å². The number of thiophene rings is 1. The Morgan fingerprint density at radius 1 is 1.16 bits per heavy atom. The van der Waals surface area contributed by atoms with Gasteiger partial charge in [-0.3, -0.25) is 9.59 Å². The second-order valence-corrected chi connectivity index (χ2v) is 10.0. The molecule has 0 fully saturated rings. The molecule has 1 aliphatic heterocycles. The number of aryl methyl sites for hydroxylation is 1. The molecule has 0 spiro atoms. The molecule has 3 rings (SSSR count). The Labute approximate surface area is 190 Å². The quantitative estimate of drug-likeness (QED) is 0.595. The van der Waals surface area contributed by atoms with Crippen LogP contribution in [0.5, 0.6) is 5.75 Å². The summed E-state index contributed by atoms with van der Waals surface area (Å²) in [6.07, 6.45) is 0.849. The van der Waals surface area contributed by atoms with Crippen LogP contribution in [-0.4, -0.2) is 47.9 Å². The molecule has 0 saturated carbocycles. The maximum atomic E-state index is 13.4. The molecule has 0 radical (unpaired) electrons. The number of fused-ring (bicyclic) bond motifs is 1. The predicted molar refractivity (Wildman–Crippen MR) is 125 cm³/mol. The summed E-state index contributed by atoms with van der Waals surface area (Å²) in [4.78, 5) is 31.0. The van der Waals surface area contributed by atoms with E-state index in [0.717, 1.165) is 12.2 Å². The minimum absolute atomic E-state index is 0.0102. The second kappa shape index (κ2) is 10.3. The van der Waals surface area contributed by atoms with Crippen molar-refractivity contribution in [2.24, 2.45) is 11.8 Å². The van der Waals surface area contributed by atoms with E-state index in [2.05, 4.69) is 25.3 Å². The van der Waals surface area contributed by atoms with Gasteiger partial charge in [0.25, 0.3) is 0 Å². The summed E-state index contributed by atoms with van der Waals surface area (Å²) in [6, 6.07) is 9.94. The molecule has 2 aromatic rings. The summed E-state index contributed by atoms with van der Waals surface area (Å²) in [5.41, 5.74) is 2.35. The number of amides is 2. The molecular weight excluding hydrogens is 408 g/mol. The van der Waals surface area contributed by atoms with E-state index >= 15 is 0 Å². The third kappa shape index (κ3) is 5.88. The maximum absolute atomic E-state index is 13.4. The number of nitrogens with zero attached hydrogens (tertiary/aromatic N) is 2. The van der Waals surface area contributed by atoms with Crippen LogP contribution >= 0.6 is 11.3 Å². The average molecular weight is 443 g/mol. The number of hydrogen-bond donors (Lipinski definition) is 0. The standard InChI is InChI=1S/C25H34N2O3S/c1-17(2)14-26(25(29)18(3)4)15-24(28)27-12-10-23-21(11-13-31-23)22(27)16-30-20-8-6-19(5)7-9-20/h6-9,11,13,17-18,22H,10,12,14-16H2,1-5H3. The van der Waals surface area contributed by atoms with Crippen molar-refractivity contribution in [2.75, 3.05) is 26.2 Å². The Morgan fingerprint density at radius 3 is 2.52 bits per heavy atom. The summed E-state index contributed by atoms with van der Waals surface area (Å²) in [7, 11) is 0. The second-order valence-electron chi connectivity index (χ2n) is 9.04. The lowest BCUT2D eigenvalue weighted by Gasteiger charge is -2.37. The molecule has 1 aromatic heterocycles. The molecule has 1 aliphatic rings. The van der Waals surface area contributed by atoms with Gasteiger partial charge in [-0.1, -0.05) is 45.4 Å². The zero-order valence-corrected chi connectivity index (χ0v) is 20.1. The van der Waals surface area contributed by atoms with Gasteiger partial charge in [0.05, 0.1) is 12.6 Å². The van der Waals surface area contributed by atoms with E-state index in [1.165, 1.54) is 16.0 Å². The van der Waals surface area contributed by atoms with Crippen molar-refractivity contribution in [3.05, 3.63) is 51.7 Å². The molecule has 0 bridgehead atoms. The molecule has 2 heterocycles. The van der Waals surface area contributed by atoms with E-state index in [4.69, 9.17) is 4.74 Å². The maximum Gasteiger partial charge on any atom is 0.242 e. The number of carbonyl (C=O) groups excluding carboxylic acids is 2. The third-order valence-electron chi connectivity index (χ3n) is 5.56. The van der Waals surface area contributed by atoms with E-state index in [1.807, 2.05) is 49.9 Å². The smallest absolute Gasteiger partial charge is 0.242 e. The SMILES string of the molecule is Cc1ccc(OCC2c3ccsc3CCN2C(=O)CN(CC(C)C)C(=O)C(C)C)cc1. The highest BCUT2D eigenvalue weighted by Gasteiger charge is 2.33. The van der Waals surface area contributed by atoms with Crippen LogP contribution in [0.3, 0.4) is 0 Å². The first-order valence-electron chi connectivity index (χ1n) is 11.1. The number of rotatable bonds is 8. The van der Waals surface area contributed by atoms with Gasteiger partial charge >= 0.3 is 0 Å². The highest BCUT2D eigenvalue weighted by molar-refractivity contribution is 7.10. The van der Waals surface area contributed by atoms with Gasteiger partial charge in [0, 0.05) is 23.9 Å². The van der Waals surface area contributed by atoms with Gasteiger partial charge in [-0.15, -0.1) is 11.3 Å². The third-order valence-corrected chi connectivity index (χ3v) is 6.56. The number of ether oxygens (including phenoxy) is 1. The van der Waals surface area contributed by atoms with Crippen LogP contribution in [0.15, 0.2) is 35.7 Å². The summed E-state index contributed by atoms with van der Waals surface area (Å²) in [5, 5.41) is 2.09. The zero-order chi connectivity index (χ0) is 22.5. The fourth-order valence-electron chi connectivity index (χ4n) is 3.98.